The molecule has 0 radical (unpaired) electrons. The number of aliphatic hydroxyl groups excluding tert-OH is 1. The average molecular weight is 274 g/mol. The van der Waals surface area contributed by atoms with Crippen molar-refractivity contribution in [3.8, 4) is 0 Å². The molecule has 0 aliphatic carbocycles. The Labute approximate surface area is 110 Å². The molecule has 1 aromatic heterocycles. The Kier molecular flexibility index (Phi) is 3.71. The van der Waals surface area contributed by atoms with Crippen LogP contribution in [-0.2, 0) is 6.18 Å². The number of aromatic nitrogens is 1. The summed E-state index contributed by atoms with van der Waals surface area (Å²) in [7, 11) is 0. The van der Waals surface area contributed by atoms with E-state index in [9.17, 15) is 18.3 Å². The van der Waals surface area contributed by atoms with Crippen molar-refractivity contribution in [1.82, 2.24) is 4.98 Å². The number of anilines is 1. The van der Waals surface area contributed by atoms with Crippen LogP contribution in [0.5, 0.6) is 0 Å². The van der Waals surface area contributed by atoms with Crippen LogP contribution in [0.15, 0.2) is 12.1 Å². The van der Waals surface area contributed by atoms with Crippen LogP contribution in [0.3, 0.4) is 0 Å². The van der Waals surface area contributed by atoms with Gasteiger partial charge in [-0.2, -0.15) is 13.2 Å². The number of nitrogens with zero attached hydrogens (tertiary/aromatic N) is 2. The maximum Gasteiger partial charge on any atom is 0.433 e. The minimum atomic E-state index is -4.45. The van der Waals surface area contributed by atoms with E-state index < -0.39 is 18.0 Å². The summed E-state index contributed by atoms with van der Waals surface area (Å²) in [5.74, 6) is -0.0754. The predicted octanol–water partition coefficient (Wildman–Crippen LogP) is 2.79. The van der Waals surface area contributed by atoms with Gasteiger partial charge in [0, 0.05) is 24.5 Å². The van der Waals surface area contributed by atoms with E-state index in [1.165, 1.54) is 0 Å². The number of rotatable bonds is 2. The number of β-amino-alcohol motifs (C(OH)–C–C–N with tert-alkyl or cyclic N) is 1. The largest absolute Gasteiger partial charge is 0.433 e. The Bertz CT molecular complexity index is 460. The summed E-state index contributed by atoms with van der Waals surface area (Å²) in [6, 6.07) is 2.74. The lowest BCUT2D eigenvalue weighted by Crippen LogP contribution is -2.22. The van der Waals surface area contributed by atoms with E-state index in [4.69, 9.17) is 0 Å². The van der Waals surface area contributed by atoms with Crippen molar-refractivity contribution < 1.29 is 18.3 Å². The van der Waals surface area contributed by atoms with Gasteiger partial charge in [-0.3, -0.25) is 0 Å². The van der Waals surface area contributed by atoms with Crippen molar-refractivity contribution in [2.45, 2.75) is 38.5 Å². The molecular weight excluding hydrogens is 257 g/mol. The van der Waals surface area contributed by atoms with Gasteiger partial charge in [-0.15, -0.1) is 0 Å². The topological polar surface area (TPSA) is 36.4 Å². The van der Waals surface area contributed by atoms with Crippen LogP contribution >= 0.6 is 0 Å². The van der Waals surface area contributed by atoms with Gasteiger partial charge in [0.25, 0.3) is 0 Å². The van der Waals surface area contributed by atoms with Gasteiger partial charge in [0.15, 0.2) is 0 Å². The van der Waals surface area contributed by atoms with E-state index in [1.807, 2.05) is 13.8 Å². The third kappa shape index (κ3) is 3.18. The molecule has 1 aromatic rings. The second-order valence-electron chi connectivity index (χ2n) is 5.18. The summed E-state index contributed by atoms with van der Waals surface area (Å²) < 4.78 is 38.5. The van der Waals surface area contributed by atoms with E-state index in [-0.39, 0.29) is 5.92 Å². The van der Waals surface area contributed by atoms with Crippen molar-refractivity contribution in [3.63, 3.8) is 0 Å². The molecule has 6 heteroatoms. The van der Waals surface area contributed by atoms with E-state index in [1.54, 1.807) is 11.0 Å². The molecule has 0 aromatic carbocycles. The van der Waals surface area contributed by atoms with Crippen molar-refractivity contribution in [3.05, 3.63) is 23.5 Å². The first-order chi connectivity index (χ1) is 8.77. The highest BCUT2D eigenvalue weighted by Crippen LogP contribution is 2.33. The molecule has 2 heterocycles. The van der Waals surface area contributed by atoms with Crippen LogP contribution in [0, 0.1) is 0 Å². The molecule has 3 nitrogen and oxygen atoms in total. The molecule has 0 saturated carbocycles. The predicted molar refractivity (Wildman–Crippen MR) is 66.2 cm³/mol. The molecule has 1 unspecified atom stereocenters. The zero-order valence-corrected chi connectivity index (χ0v) is 10.9. The summed E-state index contributed by atoms with van der Waals surface area (Å²) in [6.07, 6.45) is -4.33. The van der Waals surface area contributed by atoms with E-state index in [0.29, 0.717) is 30.9 Å². The Balaban J connectivity index is 2.40. The SMILES string of the molecule is CC(C)c1cc(N2CCC(O)C2)cc(C(F)(F)F)n1. The Hall–Kier alpha value is -1.30. The van der Waals surface area contributed by atoms with Crippen molar-refractivity contribution in [2.24, 2.45) is 0 Å². The molecule has 2 rings (SSSR count). The minimum absolute atomic E-state index is 0.0754. The molecule has 106 valence electrons. The van der Waals surface area contributed by atoms with Crippen molar-refractivity contribution >= 4 is 5.69 Å². The fourth-order valence-electron chi connectivity index (χ4n) is 2.14. The Morgan fingerprint density at radius 2 is 2.05 bits per heavy atom. The van der Waals surface area contributed by atoms with Crippen LogP contribution in [0.1, 0.15) is 37.6 Å². The number of alkyl halides is 3. The first-order valence-corrected chi connectivity index (χ1v) is 6.29. The van der Waals surface area contributed by atoms with Crippen LogP contribution < -0.4 is 4.90 Å². The summed E-state index contributed by atoms with van der Waals surface area (Å²) >= 11 is 0. The Morgan fingerprint density at radius 3 is 2.53 bits per heavy atom. The number of aliphatic hydroxyl groups is 1. The lowest BCUT2D eigenvalue weighted by Gasteiger charge is -2.21. The molecule has 1 fully saturated rings. The average Bonchev–Trinajstić information content (AvgIpc) is 2.74. The molecular formula is C13H17F3N2O. The quantitative estimate of drug-likeness (QED) is 0.901. The van der Waals surface area contributed by atoms with Crippen LogP contribution in [-0.4, -0.2) is 29.3 Å². The summed E-state index contributed by atoms with van der Waals surface area (Å²) in [5, 5.41) is 9.49. The normalized spacial score (nSPS) is 20.4. The monoisotopic (exact) mass is 274 g/mol. The van der Waals surface area contributed by atoms with Gasteiger partial charge in [-0.05, 0) is 24.5 Å². The van der Waals surface area contributed by atoms with Crippen LogP contribution in [0.4, 0.5) is 18.9 Å². The van der Waals surface area contributed by atoms with E-state index in [2.05, 4.69) is 4.98 Å². The number of hydrogen-bond donors (Lipinski definition) is 1. The first-order valence-electron chi connectivity index (χ1n) is 6.29. The molecule has 1 aliphatic rings. The van der Waals surface area contributed by atoms with Crippen LogP contribution in [0.25, 0.3) is 0 Å². The maximum atomic E-state index is 12.8. The van der Waals surface area contributed by atoms with E-state index >= 15 is 0 Å². The summed E-state index contributed by atoms with van der Waals surface area (Å²) in [5.41, 5.74) is 0.0453. The van der Waals surface area contributed by atoms with Gasteiger partial charge in [0.05, 0.1) is 6.10 Å². The zero-order chi connectivity index (χ0) is 14.2. The molecule has 1 atom stereocenters. The van der Waals surface area contributed by atoms with Gasteiger partial charge >= 0.3 is 6.18 Å². The van der Waals surface area contributed by atoms with Crippen LogP contribution in [0.2, 0.25) is 0 Å². The molecule has 1 N–H and O–H groups in total. The molecule has 0 spiro atoms. The highest BCUT2D eigenvalue weighted by atomic mass is 19.4. The minimum Gasteiger partial charge on any atom is -0.391 e. The molecule has 1 aliphatic heterocycles. The van der Waals surface area contributed by atoms with Gasteiger partial charge in [-0.1, -0.05) is 13.8 Å². The van der Waals surface area contributed by atoms with Gasteiger partial charge in [0.2, 0.25) is 0 Å². The first kappa shape index (κ1) is 14.1. The smallest absolute Gasteiger partial charge is 0.391 e. The van der Waals surface area contributed by atoms with Gasteiger partial charge in [0.1, 0.15) is 5.69 Å². The fraction of sp³-hybridized carbons (Fsp3) is 0.615. The number of hydrogen-bond acceptors (Lipinski definition) is 3. The second-order valence-corrected chi connectivity index (χ2v) is 5.18. The molecule has 0 bridgehead atoms. The third-order valence-electron chi connectivity index (χ3n) is 3.24. The molecule has 19 heavy (non-hydrogen) atoms. The summed E-state index contributed by atoms with van der Waals surface area (Å²) in [6.45, 7) is 4.56. The highest BCUT2D eigenvalue weighted by molar-refractivity contribution is 5.50. The van der Waals surface area contributed by atoms with Gasteiger partial charge < -0.3 is 10.0 Å². The summed E-state index contributed by atoms with van der Waals surface area (Å²) in [4.78, 5) is 5.45. The lowest BCUT2D eigenvalue weighted by atomic mass is 10.1. The standard InChI is InChI=1S/C13H17F3N2O/c1-8(2)11-5-9(18-4-3-10(19)7-18)6-12(17-11)13(14,15)16/h5-6,8,10,19H,3-4,7H2,1-2H3. The number of halogens is 3. The third-order valence-corrected chi connectivity index (χ3v) is 3.24. The molecule has 1 saturated heterocycles. The van der Waals surface area contributed by atoms with Gasteiger partial charge in [-0.25, -0.2) is 4.98 Å². The lowest BCUT2D eigenvalue weighted by molar-refractivity contribution is -0.141. The molecule has 0 amide bonds. The maximum absolute atomic E-state index is 12.8. The Morgan fingerprint density at radius 1 is 1.37 bits per heavy atom. The van der Waals surface area contributed by atoms with Crippen molar-refractivity contribution in [2.75, 3.05) is 18.0 Å². The van der Waals surface area contributed by atoms with E-state index in [0.717, 1.165) is 6.07 Å². The number of pyridine rings is 1. The fourth-order valence-corrected chi connectivity index (χ4v) is 2.14. The highest BCUT2D eigenvalue weighted by Gasteiger charge is 2.34. The second kappa shape index (κ2) is 5.00. The van der Waals surface area contributed by atoms with Crippen molar-refractivity contribution in [1.29, 1.82) is 0 Å². The zero-order valence-electron chi connectivity index (χ0n) is 10.9.